The van der Waals surface area contributed by atoms with E-state index in [9.17, 15) is 9.59 Å². The maximum atomic E-state index is 12.9. The number of ether oxygens (including phenoxy) is 2. The van der Waals surface area contributed by atoms with Crippen LogP contribution in [-0.2, 0) is 4.79 Å². The van der Waals surface area contributed by atoms with E-state index in [0.29, 0.717) is 55.7 Å². The van der Waals surface area contributed by atoms with Crippen LogP contribution in [0.15, 0.2) is 18.2 Å². The fourth-order valence-electron chi connectivity index (χ4n) is 4.23. The molecular weight excluding hydrogens is 346 g/mol. The summed E-state index contributed by atoms with van der Waals surface area (Å²) in [6.45, 7) is 2.73. The maximum absolute atomic E-state index is 12.9. The first-order valence-electron chi connectivity index (χ1n) is 9.59. The minimum atomic E-state index is -0.0986. The van der Waals surface area contributed by atoms with Crippen LogP contribution >= 0.6 is 0 Å². The highest BCUT2D eigenvalue weighted by atomic mass is 16.5. The third-order valence-corrected chi connectivity index (χ3v) is 5.79. The average Bonchev–Trinajstić information content (AvgIpc) is 3.21. The quantitative estimate of drug-likeness (QED) is 0.840. The van der Waals surface area contributed by atoms with Crippen LogP contribution in [-0.4, -0.2) is 68.6 Å². The molecule has 0 unspecified atom stereocenters. The van der Waals surface area contributed by atoms with Gasteiger partial charge in [0.2, 0.25) is 5.91 Å². The second-order valence-corrected chi connectivity index (χ2v) is 7.19. The van der Waals surface area contributed by atoms with Crippen LogP contribution in [0, 0.1) is 11.8 Å². The molecule has 0 spiro atoms. The van der Waals surface area contributed by atoms with Crippen molar-refractivity contribution < 1.29 is 19.1 Å². The summed E-state index contributed by atoms with van der Waals surface area (Å²) in [7, 11) is 3.08. The van der Waals surface area contributed by atoms with Crippen molar-refractivity contribution in [2.45, 2.75) is 19.3 Å². The Kier molecular flexibility index (Phi) is 6.21. The number of carbonyl (C=O) groups excluding carboxylic acids is 2. The Bertz CT molecular complexity index is 686. The Morgan fingerprint density at radius 2 is 1.78 bits per heavy atom. The first-order chi connectivity index (χ1) is 13.1. The first-order valence-corrected chi connectivity index (χ1v) is 9.59. The molecule has 2 amide bonds. The van der Waals surface area contributed by atoms with Crippen molar-refractivity contribution in [2.75, 3.05) is 46.9 Å². The number of nitrogens with two attached hydrogens (primary N) is 1. The van der Waals surface area contributed by atoms with Gasteiger partial charge < -0.3 is 25.0 Å². The third kappa shape index (κ3) is 3.88. The lowest BCUT2D eigenvalue weighted by atomic mass is 9.94. The standard InChI is InChI=1S/C20H29N3O4/c1-26-17-8-4-7-16(18(17)27-2)20(25)23-11-9-22(10-12-23)19(24)15-6-3-5-14(15)13-21/h4,7-8,14-15H,3,5-6,9-13,21H2,1-2H3/t14-,15-/m1/s1. The van der Waals surface area contributed by atoms with Gasteiger partial charge in [-0.25, -0.2) is 0 Å². The number of amides is 2. The second kappa shape index (κ2) is 8.61. The van der Waals surface area contributed by atoms with Gasteiger partial charge in [0.25, 0.3) is 5.91 Å². The van der Waals surface area contributed by atoms with Crippen molar-refractivity contribution in [1.29, 1.82) is 0 Å². The molecule has 1 saturated carbocycles. The minimum Gasteiger partial charge on any atom is -0.493 e. The number of hydrogen-bond acceptors (Lipinski definition) is 5. The van der Waals surface area contributed by atoms with Gasteiger partial charge >= 0.3 is 0 Å². The molecule has 2 aliphatic rings. The van der Waals surface area contributed by atoms with Gasteiger partial charge in [0.05, 0.1) is 19.8 Å². The SMILES string of the molecule is COc1cccc(C(=O)N2CCN(C(=O)[C@@H]3CCC[C@@H]3CN)CC2)c1OC. The van der Waals surface area contributed by atoms with Gasteiger partial charge in [0, 0.05) is 32.1 Å². The molecule has 148 valence electrons. The van der Waals surface area contributed by atoms with E-state index in [1.54, 1.807) is 30.2 Å². The molecule has 3 rings (SSSR count). The fraction of sp³-hybridized carbons (Fsp3) is 0.600. The van der Waals surface area contributed by atoms with Crippen molar-refractivity contribution in [3.63, 3.8) is 0 Å². The molecule has 7 nitrogen and oxygen atoms in total. The molecule has 7 heteroatoms. The Hall–Kier alpha value is -2.28. The molecule has 1 aromatic rings. The topological polar surface area (TPSA) is 85.1 Å². The Morgan fingerprint density at radius 3 is 2.41 bits per heavy atom. The molecule has 1 heterocycles. The largest absolute Gasteiger partial charge is 0.493 e. The zero-order valence-electron chi connectivity index (χ0n) is 16.1. The van der Waals surface area contributed by atoms with Gasteiger partial charge in [0.1, 0.15) is 0 Å². The van der Waals surface area contributed by atoms with Gasteiger partial charge in [0.15, 0.2) is 11.5 Å². The number of hydrogen-bond donors (Lipinski definition) is 1. The first kappa shape index (κ1) is 19.5. The second-order valence-electron chi connectivity index (χ2n) is 7.19. The third-order valence-electron chi connectivity index (χ3n) is 5.79. The maximum Gasteiger partial charge on any atom is 0.257 e. The van der Waals surface area contributed by atoms with E-state index >= 15 is 0 Å². The molecule has 2 fully saturated rings. The van der Waals surface area contributed by atoms with Crippen molar-refractivity contribution in [1.82, 2.24) is 9.80 Å². The summed E-state index contributed by atoms with van der Waals surface area (Å²) in [6.07, 6.45) is 3.05. The number of piperazine rings is 1. The summed E-state index contributed by atoms with van der Waals surface area (Å²) in [5.74, 6) is 1.44. The van der Waals surface area contributed by atoms with Crippen molar-refractivity contribution in [3.05, 3.63) is 23.8 Å². The number of benzene rings is 1. The number of methoxy groups -OCH3 is 2. The summed E-state index contributed by atoms with van der Waals surface area (Å²) in [4.78, 5) is 29.4. The predicted molar refractivity (Wildman–Crippen MR) is 102 cm³/mol. The molecular formula is C20H29N3O4. The van der Waals surface area contributed by atoms with Gasteiger partial charge in [-0.15, -0.1) is 0 Å². The van der Waals surface area contributed by atoms with Crippen LogP contribution in [0.1, 0.15) is 29.6 Å². The Labute approximate surface area is 160 Å². The minimum absolute atomic E-state index is 0.0516. The van der Waals surface area contributed by atoms with Crippen molar-refractivity contribution in [3.8, 4) is 11.5 Å². The molecule has 1 aliphatic carbocycles. The van der Waals surface area contributed by atoms with E-state index < -0.39 is 0 Å². The van der Waals surface area contributed by atoms with Crippen LogP contribution in [0.4, 0.5) is 0 Å². The molecule has 1 aromatic carbocycles. The summed E-state index contributed by atoms with van der Waals surface area (Å²) in [6, 6.07) is 5.29. The number of nitrogens with zero attached hydrogens (tertiary/aromatic N) is 2. The lowest BCUT2D eigenvalue weighted by Gasteiger charge is -2.37. The van der Waals surface area contributed by atoms with Gasteiger partial charge in [-0.3, -0.25) is 9.59 Å². The summed E-state index contributed by atoms with van der Waals surface area (Å²) < 4.78 is 10.7. The van der Waals surface area contributed by atoms with E-state index in [1.807, 2.05) is 4.90 Å². The zero-order valence-corrected chi connectivity index (χ0v) is 16.1. The predicted octanol–water partition coefficient (Wildman–Crippen LogP) is 1.36. The van der Waals surface area contributed by atoms with E-state index in [1.165, 1.54) is 7.11 Å². The van der Waals surface area contributed by atoms with Gasteiger partial charge in [-0.05, 0) is 37.4 Å². The van der Waals surface area contributed by atoms with Crippen LogP contribution in [0.25, 0.3) is 0 Å². The van der Waals surface area contributed by atoms with Crippen LogP contribution < -0.4 is 15.2 Å². The fourth-order valence-corrected chi connectivity index (χ4v) is 4.23. The highest BCUT2D eigenvalue weighted by Crippen LogP contribution is 2.33. The van der Waals surface area contributed by atoms with Crippen LogP contribution in [0.2, 0.25) is 0 Å². The van der Waals surface area contributed by atoms with E-state index in [2.05, 4.69) is 0 Å². The Morgan fingerprint density at radius 1 is 1.07 bits per heavy atom. The van der Waals surface area contributed by atoms with Gasteiger partial charge in [-0.2, -0.15) is 0 Å². The monoisotopic (exact) mass is 375 g/mol. The smallest absolute Gasteiger partial charge is 0.257 e. The molecule has 0 bridgehead atoms. The van der Waals surface area contributed by atoms with E-state index in [4.69, 9.17) is 15.2 Å². The zero-order chi connectivity index (χ0) is 19.4. The Balaban J connectivity index is 1.64. The highest BCUT2D eigenvalue weighted by Gasteiger charge is 2.36. The molecule has 1 saturated heterocycles. The van der Waals surface area contributed by atoms with E-state index in [-0.39, 0.29) is 17.7 Å². The molecule has 2 N–H and O–H groups in total. The number of carbonyl (C=O) groups is 2. The normalized spacial score (nSPS) is 22.6. The number of para-hydroxylation sites is 1. The molecule has 1 aliphatic heterocycles. The molecule has 2 atom stereocenters. The molecule has 0 aromatic heterocycles. The summed E-state index contributed by atoms with van der Waals surface area (Å²) >= 11 is 0. The summed E-state index contributed by atoms with van der Waals surface area (Å²) in [5.41, 5.74) is 6.31. The van der Waals surface area contributed by atoms with Crippen molar-refractivity contribution in [2.24, 2.45) is 17.6 Å². The summed E-state index contributed by atoms with van der Waals surface area (Å²) in [5, 5.41) is 0. The lowest BCUT2D eigenvalue weighted by Crippen LogP contribution is -2.52. The molecule has 0 radical (unpaired) electrons. The van der Waals surface area contributed by atoms with Crippen molar-refractivity contribution >= 4 is 11.8 Å². The highest BCUT2D eigenvalue weighted by molar-refractivity contribution is 5.98. The van der Waals surface area contributed by atoms with Crippen LogP contribution in [0.3, 0.4) is 0 Å². The lowest BCUT2D eigenvalue weighted by molar-refractivity contribution is -0.138. The molecule has 27 heavy (non-hydrogen) atoms. The van der Waals surface area contributed by atoms with Gasteiger partial charge in [-0.1, -0.05) is 12.5 Å². The van der Waals surface area contributed by atoms with Crippen LogP contribution in [0.5, 0.6) is 11.5 Å². The number of rotatable bonds is 5. The average molecular weight is 375 g/mol. The van der Waals surface area contributed by atoms with E-state index in [0.717, 1.165) is 19.3 Å².